The molecule has 0 saturated heterocycles. The lowest BCUT2D eigenvalue weighted by Gasteiger charge is -2.16. The van der Waals surface area contributed by atoms with Gasteiger partial charge in [-0.2, -0.15) is 0 Å². The molecule has 0 radical (unpaired) electrons. The van der Waals surface area contributed by atoms with Gasteiger partial charge in [0.25, 0.3) is 0 Å². The lowest BCUT2D eigenvalue weighted by molar-refractivity contribution is -0.153. The minimum Gasteiger partial charge on any atom is -0.463 e. The van der Waals surface area contributed by atoms with Crippen molar-refractivity contribution in [2.45, 2.75) is 53.1 Å². The van der Waals surface area contributed by atoms with Crippen LogP contribution in [0.4, 0.5) is 0 Å². The molecule has 1 aliphatic carbocycles. The fraction of sp³-hybridized carbons (Fsp3) is 0.917. The third kappa shape index (κ3) is 2.73. The molecule has 1 rings (SSSR count). The van der Waals surface area contributed by atoms with E-state index in [0.29, 0.717) is 5.92 Å². The van der Waals surface area contributed by atoms with E-state index < -0.39 is 0 Å². The van der Waals surface area contributed by atoms with Crippen LogP contribution in [0.5, 0.6) is 0 Å². The second-order valence-electron chi connectivity index (χ2n) is 4.82. The van der Waals surface area contributed by atoms with E-state index in [-0.39, 0.29) is 18.0 Å². The van der Waals surface area contributed by atoms with Gasteiger partial charge in [0.05, 0.1) is 12.0 Å². The first kappa shape index (κ1) is 11.5. The van der Waals surface area contributed by atoms with Crippen molar-refractivity contribution in [1.29, 1.82) is 0 Å². The fourth-order valence-electron chi connectivity index (χ4n) is 2.36. The number of carbonyl (C=O) groups excluding carboxylic acids is 1. The van der Waals surface area contributed by atoms with Gasteiger partial charge in [0.1, 0.15) is 0 Å². The van der Waals surface area contributed by atoms with Gasteiger partial charge in [-0.15, -0.1) is 0 Å². The minimum absolute atomic E-state index is 0.0171. The van der Waals surface area contributed by atoms with Crippen molar-refractivity contribution in [2.24, 2.45) is 17.8 Å². The summed E-state index contributed by atoms with van der Waals surface area (Å²) in [7, 11) is 0. The molecule has 0 spiro atoms. The molecule has 82 valence electrons. The first-order chi connectivity index (χ1) is 6.54. The van der Waals surface area contributed by atoms with Gasteiger partial charge in [-0.3, -0.25) is 4.79 Å². The first-order valence-electron chi connectivity index (χ1n) is 5.75. The van der Waals surface area contributed by atoms with Gasteiger partial charge in [0, 0.05) is 0 Å². The molecular weight excluding hydrogens is 176 g/mol. The molecule has 2 heteroatoms. The highest BCUT2D eigenvalue weighted by Gasteiger charge is 2.36. The largest absolute Gasteiger partial charge is 0.463 e. The predicted molar refractivity (Wildman–Crippen MR) is 56.9 cm³/mol. The Kier molecular flexibility index (Phi) is 3.97. The summed E-state index contributed by atoms with van der Waals surface area (Å²) in [6.07, 6.45) is 3.43. The number of ether oxygens (including phenoxy) is 1. The topological polar surface area (TPSA) is 26.3 Å². The molecule has 0 N–H and O–H groups in total. The quantitative estimate of drug-likeness (QED) is 0.652. The van der Waals surface area contributed by atoms with E-state index in [2.05, 4.69) is 13.8 Å². The van der Waals surface area contributed by atoms with Crippen molar-refractivity contribution in [1.82, 2.24) is 0 Å². The average molecular weight is 198 g/mol. The summed E-state index contributed by atoms with van der Waals surface area (Å²) in [5.74, 6) is 1.41. The molecule has 0 aliphatic heterocycles. The molecular formula is C12H22O2. The van der Waals surface area contributed by atoms with Crippen LogP contribution in [0, 0.1) is 17.8 Å². The summed E-state index contributed by atoms with van der Waals surface area (Å²) in [5.41, 5.74) is 0. The van der Waals surface area contributed by atoms with Gasteiger partial charge >= 0.3 is 5.97 Å². The van der Waals surface area contributed by atoms with Crippen molar-refractivity contribution in [3.63, 3.8) is 0 Å². The summed E-state index contributed by atoms with van der Waals surface area (Å²) in [4.78, 5) is 11.7. The van der Waals surface area contributed by atoms with Gasteiger partial charge in [0.2, 0.25) is 0 Å². The maximum absolute atomic E-state index is 11.7. The molecule has 3 unspecified atom stereocenters. The number of hydrogen-bond donors (Lipinski definition) is 0. The Bertz CT molecular complexity index is 198. The van der Waals surface area contributed by atoms with Crippen LogP contribution in [-0.2, 0) is 9.53 Å². The molecule has 0 amide bonds. The van der Waals surface area contributed by atoms with Crippen LogP contribution in [-0.4, -0.2) is 12.1 Å². The van der Waals surface area contributed by atoms with E-state index in [1.807, 2.05) is 13.8 Å². The minimum atomic E-state index is 0.0171. The average Bonchev–Trinajstić information content (AvgIpc) is 2.45. The van der Waals surface area contributed by atoms with Gasteiger partial charge in [-0.05, 0) is 38.5 Å². The number of rotatable bonds is 3. The molecule has 2 nitrogen and oxygen atoms in total. The highest BCUT2D eigenvalue weighted by Crippen LogP contribution is 2.38. The second-order valence-corrected chi connectivity index (χ2v) is 4.82. The molecule has 1 fully saturated rings. The molecule has 14 heavy (non-hydrogen) atoms. The smallest absolute Gasteiger partial charge is 0.309 e. The van der Waals surface area contributed by atoms with Crippen molar-refractivity contribution in [3.8, 4) is 0 Å². The van der Waals surface area contributed by atoms with Crippen LogP contribution in [0.2, 0.25) is 0 Å². The number of esters is 1. The van der Waals surface area contributed by atoms with Crippen LogP contribution < -0.4 is 0 Å². The molecule has 1 aliphatic rings. The summed E-state index contributed by atoms with van der Waals surface area (Å²) in [6, 6.07) is 0. The molecule has 0 heterocycles. The monoisotopic (exact) mass is 198 g/mol. The molecule has 3 atom stereocenters. The van der Waals surface area contributed by atoms with Crippen LogP contribution in [0.1, 0.15) is 47.0 Å². The Hall–Kier alpha value is -0.530. The Morgan fingerprint density at radius 3 is 2.50 bits per heavy atom. The summed E-state index contributed by atoms with van der Waals surface area (Å²) >= 11 is 0. The SMILES string of the molecule is CCC1CC(C)C(C(=O)OC(C)C)C1. The van der Waals surface area contributed by atoms with Gasteiger partial charge in [-0.1, -0.05) is 20.3 Å². The van der Waals surface area contributed by atoms with Crippen LogP contribution in [0.3, 0.4) is 0 Å². The van der Waals surface area contributed by atoms with Crippen LogP contribution >= 0.6 is 0 Å². The Balaban J connectivity index is 2.48. The van der Waals surface area contributed by atoms with Crippen molar-refractivity contribution < 1.29 is 9.53 Å². The van der Waals surface area contributed by atoms with E-state index in [9.17, 15) is 4.79 Å². The van der Waals surface area contributed by atoms with E-state index in [1.54, 1.807) is 0 Å². The van der Waals surface area contributed by atoms with Gasteiger partial charge in [0.15, 0.2) is 0 Å². The van der Waals surface area contributed by atoms with E-state index in [1.165, 1.54) is 12.8 Å². The Morgan fingerprint density at radius 2 is 2.07 bits per heavy atom. The summed E-state index contributed by atoms with van der Waals surface area (Å²) < 4.78 is 5.26. The number of hydrogen-bond acceptors (Lipinski definition) is 2. The van der Waals surface area contributed by atoms with E-state index >= 15 is 0 Å². The zero-order chi connectivity index (χ0) is 10.7. The lowest BCUT2D eigenvalue weighted by atomic mass is 9.98. The van der Waals surface area contributed by atoms with E-state index in [4.69, 9.17) is 4.74 Å². The fourth-order valence-corrected chi connectivity index (χ4v) is 2.36. The zero-order valence-electron chi connectivity index (χ0n) is 9.75. The van der Waals surface area contributed by atoms with Crippen LogP contribution in [0.15, 0.2) is 0 Å². The third-order valence-electron chi connectivity index (χ3n) is 3.21. The highest BCUT2D eigenvalue weighted by atomic mass is 16.5. The molecule has 0 bridgehead atoms. The molecule has 1 saturated carbocycles. The Labute approximate surface area is 87.0 Å². The maximum Gasteiger partial charge on any atom is 0.309 e. The number of carbonyl (C=O) groups is 1. The molecule has 0 aromatic carbocycles. The second kappa shape index (κ2) is 4.81. The molecule has 0 aromatic heterocycles. The lowest BCUT2D eigenvalue weighted by Crippen LogP contribution is -2.22. The maximum atomic E-state index is 11.7. The van der Waals surface area contributed by atoms with Crippen molar-refractivity contribution >= 4 is 5.97 Å². The van der Waals surface area contributed by atoms with Gasteiger partial charge in [-0.25, -0.2) is 0 Å². The van der Waals surface area contributed by atoms with Crippen LogP contribution in [0.25, 0.3) is 0 Å². The predicted octanol–water partition coefficient (Wildman–Crippen LogP) is 3.01. The zero-order valence-corrected chi connectivity index (χ0v) is 9.75. The standard InChI is InChI=1S/C12H22O2/c1-5-10-6-9(4)11(7-10)12(13)14-8(2)3/h8-11H,5-7H2,1-4H3. The van der Waals surface area contributed by atoms with E-state index in [0.717, 1.165) is 12.3 Å². The van der Waals surface area contributed by atoms with Crippen molar-refractivity contribution in [2.75, 3.05) is 0 Å². The van der Waals surface area contributed by atoms with Gasteiger partial charge < -0.3 is 4.74 Å². The normalized spacial score (nSPS) is 32.2. The summed E-state index contributed by atoms with van der Waals surface area (Å²) in [5, 5.41) is 0. The summed E-state index contributed by atoms with van der Waals surface area (Å²) in [6.45, 7) is 8.19. The first-order valence-corrected chi connectivity index (χ1v) is 5.75. The van der Waals surface area contributed by atoms with Crippen molar-refractivity contribution in [3.05, 3.63) is 0 Å². The third-order valence-corrected chi connectivity index (χ3v) is 3.21. The Morgan fingerprint density at radius 1 is 1.43 bits per heavy atom. The highest BCUT2D eigenvalue weighted by molar-refractivity contribution is 5.73. The molecule has 0 aromatic rings.